The van der Waals surface area contributed by atoms with Crippen molar-refractivity contribution in [1.29, 1.82) is 0 Å². The van der Waals surface area contributed by atoms with Crippen molar-refractivity contribution in [1.82, 2.24) is 15.2 Å². The van der Waals surface area contributed by atoms with Gasteiger partial charge in [0.15, 0.2) is 0 Å². The van der Waals surface area contributed by atoms with Gasteiger partial charge in [0.1, 0.15) is 5.82 Å². The van der Waals surface area contributed by atoms with Crippen molar-refractivity contribution in [3.63, 3.8) is 0 Å². The molecule has 1 aromatic heterocycles. The molecule has 0 spiro atoms. The van der Waals surface area contributed by atoms with Crippen molar-refractivity contribution in [2.45, 2.75) is 12.8 Å². The van der Waals surface area contributed by atoms with Crippen molar-refractivity contribution < 1.29 is 9.59 Å². The number of nitrogens with zero attached hydrogens (tertiary/aromatic N) is 3. The Morgan fingerprint density at radius 2 is 1.71 bits per heavy atom. The van der Waals surface area contributed by atoms with Crippen molar-refractivity contribution in [3.8, 4) is 0 Å². The van der Waals surface area contributed by atoms with Gasteiger partial charge in [0.05, 0.1) is 16.1 Å². The molecular formula is C26H26Cl2N4O2. The van der Waals surface area contributed by atoms with Crippen LogP contribution in [0.3, 0.4) is 0 Å². The Morgan fingerprint density at radius 1 is 0.941 bits per heavy atom. The molecule has 2 amide bonds. The molecule has 6 nitrogen and oxygen atoms in total. The molecule has 1 aliphatic heterocycles. The van der Waals surface area contributed by atoms with Crippen molar-refractivity contribution >= 4 is 40.8 Å². The summed E-state index contributed by atoms with van der Waals surface area (Å²) < 4.78 is 0. The lowest BCUT2D eigenvalue weighted by Crippen LogP contribution is -2.49. The van der Waals surface area contributed by atoms with Crippen molar-refractivity contribution in [2.75, 3.05) is 37.6 Å². The number of carbonyl (C=O) groups excluding carboxylic acids is 2. The number of halogens is 2. The maximum Gasteiger partial charge on any atom is 0.255 e. The Labute approximate surface area is 209 Å². The minimum Gasteiger partial charge on any atom is -0.353 e. The third kappa shape index (κ3) is 6.07. The van der Waals surface area contributed by atoms with Crippen LogP contribution in [-0.4, -0.2) is 54.4 Å². The average Bonchev–Trinajstić information content (AvgIpc) is 2.87. The van der Waals surface area contributed by atoms with Gasteiger partial charge in [-0.1, -0.05) is 53.5 Å². The number of nitrogens with one attached hydrogen (secondary N) is 1. The topological polar surface area (TPSA) is 65.5 Å². The third-order valence-electron chi connectivity index (χ3n) is 5.83. The zero-order valence-electron chi connectivity index (χ0n) is 18.7. The molecule has 34 heavy (non-hydrogen) atoms. The highest BCUT2D eigenvalue weighted by atomic mass is 35.5. The van der Waals surface area contributed by atoms with E-state index in [0.717, 1.165) is 18.7 Å². The molecule has 1 saturated heterocycles. The van der Waals surface area contributed by atoms with Crippen molar-refractivity contribution in [3.05, 3.63) is 93.6 Å². The molecule has 1 N–H and O–H groups in total. The fraction of sp³-hybridized carbons (Fsp3) is 0.269. The molecule has 0 radical (unpaired) electrons. The quantitative estimate of drug-likeness (QED) is 0.480. The van der Waals surface area contributed by atoms with Gasteiger partial charge in [-0.15, -0.1) is 0 Å². The third-order valence-corrected chi connectivity index (χ3v) is 6.38. The molecule has 0 atom stereocenters. The van der Waals surface area contributed by atoms with E-state index < -0.39 is 0 Å². The summed E-state index contributed by atoms with van der Waals surface area (Å²) in [6.07, 6.45) is 3.41. The molecule has 0 bridgehead atoms. The first-order valence-corrected chi connectivity index (χ1v) is 12.0. The minimum atomic E-state index is -0.123. The number of carbonyl (C=O) groups is 2. The number of hydrogen-bond donors (Lipinski definition) is 1. The minimum absolute atomic E-state index is 0.103. The van der Waals surface area contributed by atoms with Gasteiger partial charge in [0, 0.05) is 43.9 Å². The standard InChI is InChI=1S/C26H26Cl2N4O2/c27-21-9-10-22(23(28)17-21)26(34)32-15-13-31(14-16-32)24-11-8-20(18-30-24)25(33)29-12-4-7-19-5-2-1-3-6-19/h1-3,5-6,8-11,17-18H,4,7,12-16H2,(H,29,33). The molecule has 0 saturated carbocycles. The van der Waals surface area contributed by atoms with E-state index in [2.05, 4.69) is 27.3 Å². The number of aryl methyl sites for hydroxylation is 1. The monoisotopic (exact) mass is 496 g/mol. The summed E-state index contributed by atoms with van der Waals surface area (Å²) in [6.45, 7) is 3.03. The highest BCUT2D eigenvalue weighted by molar-refractivity contribution is 6.36. The number of anilines is 1. The number of rotatable bonds is 7. The molecular weight excluding hydrogens is 471 g/mol. The van der Waals surface area contributed by atoms with Crippen LogP contribution in [0.1, 0.15) is 32.7 Å². The number of pyridine rings is 1. The van der Waals surface area contributed by atoms with Crippen LogP contribution in [0.15, 0.2) is 66.9 Å². The zero-order chi connectivity index (χ0) is 23.9. The van der Waals surface area contributed by atoms with Gasteiger partial charge in [-0.25, -0.2) is 4.98 Å². The molecule has 2 aromatic carbocycles. The lowest BCUT2D eigenvalue weighted by molar-refractivity contribution is 0.0746. The lowest BCUT2D eigenvalue weighted by atomic mass is 10.1. The summed E-state index contributed by atoms with van der Waals surface area (Å²) in [5.41, 5.74) is 2.26. The predicted molar refractivity (Wildman–Crippen MR) is 136 cm³/mol. The average molecular weight is 497 g/mol. The van der Waals surface area contributed by atoms with E-state index in [1.807, 2.05) is 24.3 Å². The smallest absolute Gasteiger partial charge is 0.255 e. The van der Waals surface area contributed by atoms with Gasteiger partial charge in [0.2, 0.25) is 0 Å². The number of benzene rings is 2. The number of piperazine rings is 1. The first kappa shape index (κ1) is 24.0. The number of aromatic nitrogens is 1. The van der Waals surface area contributed by atoms with Gasteiger partial charge >= 0.3 is 0 Å². The Hall–Kier alpha value is -3.09. The molecule has 1 fully saturated rings. The molecule has 2 heterocycles. The summed E-state index contributed by atoms with van der Waals surface area (Å²) in [6, 6.07) is 18.8. The normalized spacial score (nSPS) is 13.6. The zero-order valence-corrected chi connectivity index (χ0v) is 20.2. The fourth-order valence-electron chi connectivity index (χ4n) is 3.92. The molecule has 8 heteroatoms. The maximum absolute atomic E-state index is 12.8. The molecule has 1 aliphatic rings. The van der Waals surface area contributed by atoms with Gasteiger partial charge in [-0.2, -0.15) is 0 Å². The van der Waals surface area contributed by atoms with E-state index in [0.29, 0.717) is 53.9 Å². The van der Waals surface area contributed by atoms with Crippen LogP contribution in [0.5, 0.6) is 0 Å². The Balaban J connectivity index is 1.25. The maximum atomic E-state index is 12.8. The number of hydrogen-bond acceptors (Lipinski definition) is 4. The van der Waals surface area contributed by atoms with Crippen LogP contribution in [0.2, 0.25) is 10.0 Å². The van der Waals surface area contributed by atoms with E-state index in [1.54, 1.807) is 35.4 Å². The van der Waals surface area contributed by atoms with Crippen LogP contribution in [-0.2, 0) is 6.42 Å². The first-order valence-electron chi connectivity index (χ1n) is 11.3. The van der Waals surface area contributed by atoms with Crippen LogP contribution in [0.25, 0.3) is 0 Å². The Morgan fingerprint density at radius 3 is 2.38 bits per heavy atom. The van der Waals surface area contributed by atoms with Crippen LogP contribution in [0, 0.1) is 0 Å². The summed E-state index contributed by atoms with van der Waals surface area (Å²) in [5, 5.41) is 3.81. The second kappa shape index (κ2) is 11.4. The molecule has 4 rings (SSSR count). The van der Waals surface area contributed by atoms with Crippen LogP contribution in [0.4, 0.5) is 5.82 Å². The van der Waals surface area contributed by atoms with E-state index in [-0.39, 0.29) is 11.8 Å². The molecule has 3 aromatic rings. The van der Waals surface area contributed by atoms with Crippen LogP contribution >= 0.6 is 23.2 Å². The summed E-state index contributed by atoms with van der Waals surface area (Å²) in [4.78, 5) is 33.6. The van der Waals surface area contributed by atoms with E-state index in [4.69, 9.17) is 23.2 Å². The van der Waals surface area contributed by atoms with Crippen molar-refractivity contribution in [2.24, 2.45) is 0 Å². The highest BCUT2D eigenvalue weighted by Gasteiger charge is 2.24. The molecule has 0 aliphatic carbocycles. The SMILES string of the molecule is O=C(NCCCc1ccccc1)c1ccc(N2CCN(C(=O)c3ccc(Cl)cc3Cl)CC2)nc1. The molecule has 176 valence electrons. The van der Waals surface area contributed by atoms with Gasteiger partial charge in [0.25, 0.3) is 11.8 Å². The van der Waals surface area contributed by atoms with E-state index in [1.165, 1.54) is 5.56 Å². The Kier molecular flexibility index (Phi) is 8.03. The van der Waals surface area contributed by atoms with Gasteiger partial charge < -0.3 is 15.1 Å². The second-order valence-corrected chi connectivity index (χ2v) is 9.00. The Bertz CT molecular complexity index is 1130. The summed E-state index contributed by atoms with van der Waals surface area (Å²) >= 11 is 12.1. The fourth-order valence-corrected chi connectivity index (χ4v) is 4.41. The second-order valence-electron chi connectivity index (χ2n) is 8.15. The van der Waals surface area contributed by atoms with E-state index in [9.17, 15) is 9.59 Å². The summed E-state index contributed by atoms with van der Waals surface area (Å²) in [7, 11) is 0. The summed E-state index contributed by atoms with van der Waals surface area (Å²) in [5.74, 6) is 0.563. The predicted octanol–water partition coefficient (Wildman–Crippen LogP) is 4.71. The number of amides is 2. The molecule has 0 unspecified atom stereocenters. The van der Waals surface area contributed by atoms with Gasteiger partial charge in [-0.3, -0.25) is 9.59 Å². The first-order chi connectivity index (χ1) is 16.5. The van der Waals surface area contributed by atoms with Gasteiger partial charge in [-0.05, 0) is 48.7 Å². The lowest BCUT2D eigenvalue weighted by Gasteiger charge is -2.35. The highest BCUT2D eigenvalue weighted by Crippen LogP contribution is 2.23. The largest absolute Gasteiger partial charge is 0.353 e. The van der Waals surface area contributed by atoms with Crippen LogP contribution < -0.4 is 10.2 Å². The van der Waals surface area contributed by atoms with E-state index >= 15 is 0 Å².